The Balaban J connectivity index is 2.13. The summed E-state index contributed by atoms with van der Waals surface area (Å²) in [6.07, 6.45) is 2.44. The monoisotopic (exact) mass is 325 g/mol. The quantitative estimate of drug-likeness (QED) is 0.785. The Morgan fingerprint density at radius 1 is 1.17 bits per heavy atom. The van der Waals surface area contributed by atoms with Crippen LogP contribution in [0, 0.1) is 0 Å². The van der Waals surface area contributed by atoms with E-state index in [1.165, 1.54) is 0 Å². The molecule has 0 radical (unpaired) electrons. The van der Waals surface area contributed by atoms with Crippen molar-refractivity contribution in [1.29, 1.82) is 0 Å². The molecule has 2 aromatic carbocycles. The van der Waals surface area contributed by atoms with E-state index in [1.54, 1.807) is 26.4 Å². The number of rotatable bonds is 7. The highest BCUT2D eigenvalue weighted by atomic mass is 16.5. The number of ether oxygens (including phenoxy) is 2. The first kappa shape index (κ1) is 17.6. The largest absolute Gasteiger partial charge is 0.497 e. The Bertz CT molecular complexity index is 707. The van der Waals surface area contributed by atoms with E-state index < -0.39 is 0 Å². The van der Waals surface area contributed by atoms with Gasteiger partial charge in [0, 0.05) is 5.56 Å². The highest BCUT2D eigenvalue weighted by Gasteiger charge is 2.13. The Hall–Kier alpha value is -2.75. The molecule has 0 aromatic heterocycles. The van der Waals surface area contributed by atoms with E-state index in [9.17, 15) is 4.79 Å². The van der Waals surface area contributed by atoms with Crippen molar-refractivity contribution < 1.29 is 14.3 Å². The van der Waals surface area contributed by atoms with Gasteiger partial charge in [-0.3, -0.25) is 4.79 Å². The zero-order valence-corrected chi connectivity index (χ0v) is 14.3. The molecule has 0 aliphatic carbocycles. The minimum atomic E-state index is -0.119. The standard InChI is InChI=1S/C20H23NO3/c1-5-6-16-13-17(9-12-19(16)24-4)20(22)21-14(2)15-7-10-18(23-3)11-8-15/h5,7-14H,1,6H2,2-4H3,(H,21,22)/t14-/m1/s1. The number of nitrogens with one attached hydrogen (secondary N) is 1. The third-order valence-electron chi connectivity index (χ3n) is 3.87. The second-order valence-corrected chi connectivity index (χ2v) is 5.49. The summed E-state index contributed by atoms with van der Waals surface area (Å²) < 4.78 is 10.5. The van der Waals surface area contributed by atoms with E-state index in [1.807, 2.05) is 43.3 Å². The molecule has 0 saturated carbocycles. The Labute approximate surface area is 143 Å². The fourth-order valence-electron chi connectivity index (χ4n) is 2.49. The molecule has 4 nitrogen and oxygen atoms in total. The first-order valence-electron chi connectivity index (χ1n) is 7.81. The maximum atomic E-state index is 12.5. The lowest BCUT2D eigenvalue weighted by atomic mass is 10.0. The van der Waals surface area contributed by atoms with Crippen molar-refractivity contribution in [3.05, 3.63) is 71.8 Å². The van der Waals surface area contributed by atoms with E-state index in [-0.39, 0.29) is 11.9 Å². The number of benzene rings is 2. The van der Waals surface area contributed by atoms with Gasteiger partial charge in [0.15, 0.2) is 0 Å². The molecule has 24 heavy (non-hydrogen) atoms. The van der Waals surface area contributed by atoms with Gasteiger partial charge in [-0.1, -0.05) is 18.2 Å². The van der Waals surface area contributed by atoms with Crippen molar-refractivity contribution in [3.63, 3.8) is 0 Å². The molecule has 0 spiro atoms. The third kappa shape index (κ3) is 4.16. The number of allylic oxidation sites excluding steroid dienone is 1. The molecule has 0 heterocycles. The van der Waals surface area contributed by atoms with Crippen molar-refractivity contribution in [2.45, 2.75) is 19.4 Å². The topological polar surface area (TPSA) is 47.6 Å². The molecule has 1 N–H and O–H groups in total. The summed E-state index contributed by atoms with van der Waals surface area (Å²) in [4.78, 5) is 12.5. The van der Waals surface area contributed by atoms with Crippen LogP contribution in [0.2, 0.25) is 0 Å². The number of hydrogen-bond donors (Lipinski definition) is 1. The summed E-state index contributed by atoms with van der Waals surface area (Å²) in [5.74, 6) is 1.43. The van der Waals surface area contributed by atoms with E-state index in [0.29, 0.717) is 12.0 Å². The molecule has 4 heteroatoms. The van der Waals surface area contributed by atoms with E-state index in [0.717, 1.165) is 22.6 Å². The predicted molar refractivity (Wildman–Crippen MR) is 95.8 cm³/mol. The van der Waals surface area contributed by atoms with Crippen LogP contribution in [0.1, 0.15) is 34.5 Å². The number of amides is 1. The lowest BCUT2D eigenvalue weighted by molar-refractivity contribution is 0.0939. The molecule has 1 amide bonds. The second-order valence-electron chi connectivity index (χ2n) is 5.49. The fourth-order valence-corrected chi connectivity index (χ4v) is 2.49. The van der Waals surface area contributed by atoms with E-state index in [2.05, 4.69) is 11.9 Å². The van der Waals surface area contributed by atoms with Gasteiger partial charge in [-0.05, 0) is 54.8 Å². The van der Waals surface area contributed by atoms with Crippen molar-refractivity contribution in [1.82, 2.24) is 5.32 Å². The summed E-state index contributed by atoms with van der Waals surface area (Å²) in [6.45, 7) is 5.69. The summed E-state index contributed by atoms with van der Waals surface area (Å²) in [7, 11) is 3.25. The molecule has 126 valence electrons. The number of hydrogen-bond acceptors (Lipinski definition) is 3. The Morgan fingerprint density at radius 3 is 2.46 bits per heavy atom. The zero-order chi connectivity index (χ0) is 17.5. The SMILES string of the molecule is C=CCc1cc(C(=O)N[C@H](C)c2ccc(OC)cc2)ccc1OC. The minimum absolute atomic E-state index is 0.103. The number of carbonyl (C=O) groups is 1. The molecule has 0 bridgehead atoms. The van der Waals surface area contributed by atoms with Gasteiger partial charge in [0.05, 0.1) is 20.3 Å². The van der Waals surface area contributed by atoms with Gasteiger partial charge in [-0.2, -0.15) is 0 Å². The maximum Gasteiger partial charge on any atom is 0.251 e. The zero-order valence-electron chi connectivity index (χ0n) is 14.3. The summed E-state index contributed by atoms with van der Waals surface area (Å²) >= 11 is 0. The summed E-state index contributed by atoms with van der Waals surface area (Å²) in [5, 5.41) is 3.01. The molecular formula is C20H23NO3. The van der Waals surface area contributed by atoms with Crippen molar-refractivity contribution >= 4 is 5.91 Å². The number of carbonyl (C=O) groups excluding carboxylic acids is 1. The smallest absolute Gasteiger partial charge is 0.251 e. The molecule has 0 aliphatic rings. The molecule has 0 saturated heterocycles. The van der Waals surface area contributed by atoms with Crippen molar-refractivity contribution in [2.24, 2.45) is 0 Å². The van der Waals surface area contributed by atoms with Gasteiger partial charge in [0.25, 0.3) is 5.91 Å². The average Bonchev–Trinajstić information content (AvgIpc) is 2.62. The molecule has 1 atom stereocenters. The average molecular weight is 325 g/mol. The van der Waals surface area contributed by atoms with E-state index >= 15 is 0 Å². The van der Waals surface area contributed by atoms with Gasteiger partial charge >= 0.3 is 0 Å². The Kier molecular flexibility index (Phi) is 6.01. The molecule has 0 fully saturated rings. The van der Waals surface area contributed by atoms with Gasteiger partial charge in [0.2, 0.25) is 0 Å². The molecule has 2 aromatic rings. The van der Waals surface area contributed by atoms with Crippen LogP contribution in [-0.2, 0) is 6.42 Å². The molecule has 0 unspecified atom stereocenters. The van der Waals surface area contributed by atoms with Crippen LogP contribution >= 0.6 is 0 Å². The van der Waals surface area contributed by atoms with Crippen molar-refractivity contribution in [2.75, 3.05) is 14.2 Å². The predicted octanol–water partition coefficient (Wildman–Crippen LogP) is 3.92. The van der Waals surface area contributed by atoms with Gasteiger partial charge in [-0.15, -0.1) is 6.58 Å². The van der Waals surface area contributed by atoms with Gasteiger partial charge in [-0.25, -0.2) is 0 Å². The normalized spacial score (nSPS) is 11.5. The van der Waals surface area contributed by atoms with Crippen LogP contribution in [-0.4, -0.2) is 20.1 Å². The minimum Gasteiger partial charge on any atom is -0.497 e. The maximum absolute atomic E-state index is 12.5. The van der Waals surface area contributed by atoms with Crippen LogP contribution in [0.3, 0.4) is 0 Å². The van der Waals surface area contributed by atoms with Crippen molar-refractivity contribution in [3.8, 4) is 11.5 Å². The second kappa shape index (κ2) is 8.20. The van der Waals surface area contributed by atoms with Crippen LogP contribution < -0.4 is 14.8 Å². The summed E-state index contributed by atoms with van der Waals surface area (Å²) in [5.41, 5.74) is 2.56. The van der Waals surface area contributed by atoms with Crippen LogP contribution in [0.25, 0.3) is 0 Å². The molecular weight excluding hydrogens is 302 g/mol. The highest BCUT2D eigenvalue weighted by molar-refractivity contribution is 5.94. The lowest BCUT2D eigenvalue weighted by Crippen LogP contribution is -2.26. The van der Waals surface area contributed by atoms with Crippen LogP contribution in [0.4, 0.5) is 0 Å². The highest BCUT2D eigenvalue weighted by Crippen LogP contribution is 2.22. The lowest BCUT2D eigenvalue weighted by Gasteiger charge is -2.16. The molecule has 0 aliphatic heterocycles. The summed E-state index contributed by atoms with van der Waals surface area (Å²) in [6, 6.07) is 13.0. The number of methoxy groups -OCH3 is 2. The first-order valence-corrected chi connectivity index (χ1v) is 7.81. The first-order chi connectivity index (χ1) is 11.6. The van der Waals surface area contributed by atoms with Gasteiger partial charge in [0.1, 0.15) is 11.5 Å². The fraction of sp³-hybridized carbons (Fsp3) is 0.250. The van der Waals surface area contributed by atoms with Crippen LogP contribution in [0.5, 0.6) is 11.5 Å². The molecule has 2 rings (SSSR count). The van der Waals surface area contributed by atoms with Crippen LogP contribution in [0.15, 0.2) is 55.1 Å². The van der Waals surface area contributed by atoms with Gasteiger partial charge < -0.3 is 14.8 Å². The third-order valence-corrected chi connectivity index (χ3v) is 3.87. The van der Waals surface area contributed by atoms with E-state index in [4.69, 9.17) is 9.47 Å². The Morgan fingerprint density at radius 2 is 1.88 bits per heavy atom.